The molecule has 0 radical (unpaired) electrons. The predicted octanol–water partition coefficient (Wildman–Crippen LogP) is 5.87. The van der Waals surface area contributed by atoms with Crippen molar-refractivity contribution in [2.75, 3.05) is 6.54 Å². The van der Waals surface area contributed by atoms with Gasteiger partial charge in [0.1, 0.15) is 11.5 Å². The summed E-state index contributed by atoms with van der Waals surface area (Å²) in [6.07, 6.45) is -1.02. The topological polar surface area (TPSA) is 42.4 Å². The maximum atomic E-state index is 13.1. The zero-order valence-corrected chi connectivity index (χ0v) is 16.0. The molecule has 0 saturated carbocycles. The minimum Gasteiger partial charge on any atom is -0.457 e. The number of carbonyl (C=O) groups excluding carboxylic acids is 1. The highest BCUT2D eigenvalue weighted by Crippen LogP contribution is 2.34. The number of aromatic nitrogens is 1. The Kier molecular flexibility index (Phi) is 5.44. The van der Waals surface area contributed by atoms with Gasteiger partial charge in [0.25, 0.3) is 5.91 Å². The third kappa shape index (κ3) is 4.30. The summed E-state index contributed by atoms with van der Waals surface area (Å²) < 4.78 is 44.3. The van der Waals surface area contributed by atoms with Crippen LogP contribution in [-0.2, 0) is 6.18 Å². The summed E-state index contributed by atoms with van der Waals surface area (Å²) in [5, 5.41) is 0. The minimum absolute atomic E-state index is 0.0574. The number of nitrogens with zero attached hydrogens (tertiary/aromatic N) is 2. The van der Waals surface area contributed by atoms with Crippen molar-refractivity contribution in [2.24, 2.45) is 0 Å². The molecule has 1 unspecified atom stereocenters. The lowest BCUT2D eigenvalue weighted by molar-refractivity contribution is -0.137. The van der Waals surface area contributed by atoms with E-state index in [1.54, 1.807) is 35.4 Å². The van der Waals surface area contributed by atoms with Gasteiger partial charge in [0, 0.05) is 18.3 Å². The van der Waals surface area contributed by atoms with Gasteiger partial charge >= 0.3 is 6.18 Å². The predicted molar refractivity (Wildman–Crippen MR) is 105 cm³/mol. The Hall–Kier alpha value is -3.35. The number of likely N-dealkylation sites (tertiary alicyclic amines) is 1. The first-order valence-corrected chi connectivity index (χ1v) is 9.59. The lowest BCUT2D eigenvalue weighted by Gasteiger charge is -2.24. The van der Waals surface area contributed by atoms with Crippen LogP contribution in [-0.4, -0.2) is 22.3 Å². The van der Waals surface area contributed by atoms with Crippen molar-refractivity contribution in [3.05, 3.63) is 89.7 Å². The molecule has 2 aromatic carbocycles. The van der Waals surface area contributed by atoms with Crippen LogP contribution >= 0.6 is 0 Å². The lowest BCUT2D eigenvalue weighted by atomic mass is 10.1. The number of ether oxygens (including phenoxy) is 1. The number of pyridine rings is 1. The lowest BCUT2D eigenvalue weighted by Crippen LogP contribution is -2.30. The summed E-state index contributed by atoms with van der Waals surface area (Å²) in [5.41, 5.74) is 0.476. The molecule has 4 nitrogen and oxygen atoms in total. The van der Waals surface area contributed by atoms with Crippen LogP contribution < -0.4 is 4.74 Å². The van der Waals surface area contributed by atoms with E-state index in [9.17, 15) is 18.0 Å². The normalized spacial score (nSPS) is 16.5. The molecule has 2 heterocycles. The van der Waals surface area contributed by atoms with E-state index in [4.69, 9.17) is 4.74 Å². The number of carbonyl (C=O) groups is 1. The summed E-state index contributed by atoms with van der Waals surface area (Å²) >= 11 is 0. The maximum Gasteiger partial charge on any atom is 0.416 e. The van der Waals surface area contributed by atoms with Crippen molar-refractivity contribution in [1.29, 1.82) is 0 Å². The Balaban J connectivity index is 1.54. The fourth-order valence-corrected chi connectivity index (χ4v) is 3.62. The first-order valence-electron chi connectivity index (χ1n) is 9.59. The zero-order chi connectivity index (χ0) is 21.1. The Labute approximate surface area is 171 Å². The Morgan fingerprint density at radius 1 is 1.00 bits per heavy atom. The van der Waals surface area contributed by atoms with Gasteiger partial charge in [0.2, 0.25) is 0 Å². The van der Waals surface area contributed by atoms with Gasteiger partial charge < -0.3 is 9.64 Å². The van der Waals surface area contributed by atoms with Crippen LogP contribution in [0.4, 0.5) is 13.2 Å². The second-order valence-corrected chi connectivity index (χ2v) is 7.07. The van der Waals surface area contributed by atoms with Crippen molar-refractivity contribution in [2.45, 2.75) is 25.1 Å². The summed E-state index contributed by atoms with van der Waals surface area (Å²) in [5.74, 6) is 0.202. The molecule has 7 heteroatoms. The number of benzene rings is 2. The molecule has 4 rings (SSSR count). The van der Waals surface area contributed by atoms with Crippen LogP contribution in [0, 0.1) is 0 Å². The summed E-state index contributed by atoms with van der Waals surface area (Å²) in [7, 11) is 0. The Morgan fingerprint density at radius 3 is 2.50 bits per heavy atom. The van der Waals surface area contributed by atoms with E-state index in [1.165, 1.54) is 12.1 Å². The quantitative estimate of drug-likeness (QED) is 0.538. The minimum atomic E-state index is -4.45. The highest BCUT2D eigenvalue weighted by molar-refractivity contribution is 5.95. The van der Waals surface area contributed by atoms with Gasteiger partial charge in [-0.1, -0.05) is 18.2 Å². The Bertz CT molecular complexity index is 1040. The summed E-state index contributed by atoms with van der Waals surface area (Å²) in [6, 6.07) is 16.7. The molecule has 30 heavy (non-hydrogen) atoms. The van der Waals surface area contributed by atoms with Crippen LogP contribution in [0.5, 0.6) is 11.5 Å². The van der Waals surface area contributed by atoms with Gasteiger partial charge in [-0.05, 0) is 61.4 Å². The van der Waals surface area contributed by atoms with E-state index in [-0.39, 0.29) is 17.7 Å². The highest BCUT2D eigenvalue weighted by Gasteiger charge is 2.32. The van der Waals surface area contributed by atoms with Crippen molar-refractivity contribution in [3.8, 4) is 11.5 Å². The van der Waals surface area contributed by atoms with Gasteiger partial charge in [-0.25, -0.2) is 0 Å². The number of amides is 1. The molecule has 1 aliphatic rings. The molecule has 1 aromatic heterocycles. The van der Waals surface area contributed by atoms with E-state index in [0.29, 0.717) is 17.9 Å². The smallest absolute Gasteiger partial charge is 0.416 e. The molecule has 1 atom stereocenters. The number of halogens is 3. The first kappa shape index (κ1) is 19.9. The molecular formula is C23H19F3N2O2. The van der Waals surface area contributed by atoms with Gasteiger partial charge in [0.05, 0.1) is 17.3 Å². The first-order chi connectivity index (χ1) is 14.4. The van der Waals surface area contributed by atoms with Crippen molar-refractivity contribution in [1.82, 2.24) is 9.88 Å². The monoisotopic (exact) mass is 412 g/mol. The third-order valence-electron chi connectivity index (χ3n) is 5.02. The van der Waals surface area contributed by atoms with Crippen molar-refractivity contribution < 1.29 is 22.7 Å². The van der Waals surface area contributed by atoms with Gasteiger partial charge in [0.15, 0.2) is 0 Å². The van der Waals surface area contributed by atoms with Gasteiger partial charge in [-0.3, -0.25) is 9.78 Å². The van der Waals surface area contributed by atoms with E-state index in [1.807, 2.05) is 18.2 Å². The van der Waals surface area contributed by atoms with E-state index >= 15 is 0 Å². The average molecular weight is 412 g/mol. The molecule has 1 amide bonds. The largest absolute Gasteiger partial charge is 0.457 e. The van der Waals surface area contributed by atoms with E-state index in [2.05, 4.69) is 4.98 Å². The molecule has 0 N–H and O–H groups in total. The second-order valence-electron chi connectivity index (χ2n) is 7.07. The van der Waals surface area contributed by atoms with Gasteiger partial charge in [-0.2, -0.15) is 13.2 Å². The fourth-order valence-electron chi connectivity index (χ4n) is 3.62. The van der Waals surface area contributed by atoms with Gasteiger partial charge in [-0.15, -0.1) is 0 Å². The average Bonchev–Trinajstić information content (AvgIpc) is 3.23. The van der Waals surface area contributed by atoms with Crippen molar-refractivity contribution >= 4 is 5.91 Å². The van der Waals surface area contributed by atoms with Crippen LogP contribution in [0.1, 0.15) is 40.5 Å². The molecule has 0 spiro atoms. The fraction of sp³-hybridized carbons (Fsp3) is 0.217. The van der Waals surface area contributed by atoms with E-state index in [0.717, 1.165) is 30.7 Å². The number of hydrogen-bond donors (Lipinski definition) is 0. The standard InChI is InChI=1S/C23H19F3N2O2/c24-23(25,26)17-7-4-9-19(15-17)30-18-8-3-6-16(14-18)22(29)28-13-5-11-21(28)20-10-1-2-12-27-20/h1-4,6-10,12,14-15,21H,5,11,13H2. The van der Waals surface area contributed by atoms with Crippen LogP contribution in [0.3, 0.4) is 0 Å². The molecule has 1 aliphatic heterocycles. The second kappa shape index (κ2) is 8.18. The Morgan fingerprint density at radius 2 is 1.77 bits per heavy atom. The number of alkyl halides is 3. The summed E-state index contributed by atoms with van der Waals surface area (Å²) in [4.78, 5) is 19.3. The molecule has 1 saturated heterocycles. The number of rotatable bonds is 4. The summed E-state index contributed by atoms with van der Waals surface area (Å²) in [6.45, 7) is 0.624. The van der Waals surface area contributed by atoms with E-state index < -0.39 is 11.7 Å². The number of hydrogen-bond acceptors (Lipinski definition) is 3. The molecule has 3 aromatic rings. The third-order valence-corrected chi connectivity index (χ3v) is 5.02. The molecular weight excluding hydrogens is 393 g/mol. The molecule has 0 bridgehead atoms. The SMILES string of the molecule is O=C(c1cccc(Oc2cccc(C(F)(F)F)c2)c1)N1CCCC1c1ccccn1. The molecule has 154 valence electrons. The zero-order valence-electron chi connectivity index (χ0n) is 16.0. The van der Waals surface area contributed by atoms with Crippen LogP contribution in [0.15, 0.2) is 72.9 Å². The molecule has 0 aliphatic carbocycles. The highest BCUT2D eigenvalue weighted by atomic mass is 19.4. The van der Waals surface area contributed by atoms with Crippen molar-refractivity contribution in [3.63, 3.8) is 0 Å². The van der Waals surface area contributed by atoms with Crippen LogP contribution in [0.2, 0.25) is 0 Å². The van der Waals surface area contributed by atoms with Crippen LogP contribution in [0.25, 0.3) is 0 Å². The molecule has 1 fully saturated rings. The maximum absolute atomic E-state index is 13.1.